The summed E-state index contributed by atoms with van der Waals surface area (Å²) in [5.74, 6) is -0.420. The lowest BCUT2D eigenvalue weighted by atomic mass is 10.0. The van der Waals surface area contributed by atoms with Crippen molar-refractivity contribution in [2.45, 2.75) is 27.3 Å². The molecule has 1 heterocycles. The van der Waals surface area contributed by atoms with Gasteiger partial charge in [-0.3, -0.25) is 0 Å². The van der Waals surface area contributed by atoms with Crippen molar-refractivity contribution < 1.29 is 9.90 Å². The Balaban J connectivity index is 2.17. The van der Waals surface area contributed by atoms with Crippen molar-refractivity contribution in [3.05, 3.63) is 59.8 Å². The second kappa shape index (κ2) is 5.92. The molecule has 1 N–H and O–H groups in total. The summed E-state index contributed by atoms with van der Waals surface area (Å²) in [4.78, 5) is 11.5. The number of aromatic carboxylic acids is 1. The first-order valence-corrected chi connectivity index (χ1v) is 7.89. The van der Waals surface area contributed by atoms with E-state index in [1.165, 1.54) is 5.56 Å². The van der Waals surface area contributed by atoms with Gasteiger partial charge in [-0.15, -0.1) is 0 Å². The summed E-state index contributed by atoms with van der Waals surface area (Å²) in [5, 5.41) is 10.2. The average molecular weight is 307 g/mol. The smallest absolute Gasteiger partial charge is 0.337 e. The number of aromatic nitrogens is 1. The van der Waals surface area contributed by atoms with Gasteiger partial charge in [-0.1, -0.05) is 55.8 Å². The van der Waals surface area contributed by atoms with Gasteiger partial charge in [0.05, 0.1) is 5.56 Å². The molecule has 0 saturated heterocycles. The van der Waals surface area contributed by atoms with E-state index >= 15 is 0 Å². The van der Waals surface area contributed by atoms with Gasteiger partial charge in [0, 0.05) is 23.6 Å². The summed E-state index contributed by atoms with van der Waals surface area (Å²) in [5.41, 5.74) is 4.83. The van der Waals surface area contributed by atoms with Gasteiger partial charge in [0.2, 0.25) is 0 Å². The summed E-state index contributed by atoms with van der Waals surface area (Å²) in [6, 6.07) is 14.4. The van der Waals surface area contributed by atoms with Crippen molar-refractivity contribution in [1.29, 1.82) is 0 Å². The highest BCUT2D eigenvalue weighted by Gasteiger charge is 2.15. The molecule has 0 amide bonds. The molecule has 0 fully saturated rings. The second-order valence-corrected chi connectivity index (χ2v) is 6.49. The van der Waals surface area contributed by atoms with E-state index < -0.39 is 5.97 Å². The van der Waals surface area contributed by atoms with E-state index in [0.29, 0.717) is 11.5 Å². The Morgan fingerprint density at radius 1 is 1.09 bits per heavy atom. The van der Waals surface area contributed by atoms with E-state index in [1.807, 2.05) is 12.1 Å². The molecule has 23 heavy (non-hydrogen) atoms. The molecular formula is C20H21NO2. The molecule has 118 valence electrons. The quantitative estimate of drug-likeness (QED) is 0.739. The van der Waals surface area contributed by atoms with Gasteiger partial charge in [-0.2, -0.15) is 0 Å². The minimum Gasteiger partial charge on any atom is -0.478 e. The van der Waals surface area contributed by atoms with Crippen LogP contribution in [0.1, 0.15) is 29.8 Å². The van der Waals surface area contributed by atoms with Gasteiger partial charge >= 0.3 is 5.97 Å². The first-order chi connectivity index (χ1) is 11.0. The molecule has 1 aromatic heterocycles. The third-order valence-electron chi connectivity index (χ3n) is 4.06. The molecule has 0 spiro atoms. The van der Waals surface area contributed by atoms with Crippen molar-refractivity contribution in [2.24, 2.45) is 5.92 Å². The molecule has 0 unspecified atom stereocenters. The second-order valence-electron chi connectivity index (χ2n) is 6.49. The van der Waals surface area contributed by atoms with Crippen LogP contribution in [0, 0.1) is 12.8 Å². The molecule has 2 aromatic carbocycles. The van der Waals surface area contributed by atoms with Crippen LogP contribution < -0.4 is 0 Å². The van der Waals surface area contributed by atoms with Gasteiger partial charge in [-0.05, 0) is 30.0 Å². The number of carboxylic acid groups (broad SMARTS) is 1. The number of carbonyl (C=O) groups is 1. The predicted octanol–water partition coefficient (Wildman–Crippen LogP) is 4.97. The maximum absolute atomic E-state index is 11.5. The van der Waals surface area contributed by atoms with Gasteiger partial charge in [0.15, 0.2) is 0 Å². The molecule has 3 nitrogen and oxygen atoms in total. The van der Waals surface area contributed by atoms with Crippen LogP contribution in [0.15, 0.2) is 48.7 Å². The maximum Gasteiger partial charge on any atom is 0.337 e. The lowest BCUT2D eigenvalue weighted by Gasteiger charge is -2.09. The third-order valence-corrected chi connectivity index (χ3v) is 4.06. The van der Waals surface area contributed by atoms with Crippen LogP contribution in [0.25, 0.3) is 22.0 Å². The SMILES string of the molecule is Cc1ccc(-c2ccc3c(C(=O)O)cn(CC(C)C)c3c2)cc1. The standard InChI is InChI=1S/C20H21NO2/c1-13(2)11-21-12-18(20(22)23)17-9-8-16(10-19(17)21)15-6-4-14(3)5-7-15/h4-10,12-13H,11H2,1-3H3,(H,22,23). The summed E-state index contributed by atoms with van der Waals surface area (Å²) < 4.78 is 2.06. The zero-order valence-electron chi connectivity index (χ0n) is 13.7. The van der Waals surface area contributed by atoms with E-state index in [4.69, 9.17) is 0 Å². The van der Waals surface area contributed by atoms with Gasteiger partial charge < -0.3 is 9.67 Å². The van der Waals surface area contributed by atoms with Crippen LogP contribution >= 0.6 is 0 Å². The monoisotopic (exact) mass is 307 g/mol. The van der Waals surface area contributed by atoms with Crippen molar-refractivity contribution in [3.63, 3.8) is 0 Å². The van der Waals surface area contributed by atoms with Crippen LogP contribution in [-0.4, -0.2) is 15.6 Å². The summed E-state index contributed by atoms with van der Waals surface area (Å²) >= 11 is 0. The lowest BCUT2D eigenvalue weighted by Crippen LogP contribution is -2.03. The Morgan fingerprint density at radius 3 is 2.35 bits per heavy atom. The molecule has 3 aromatic rings. The zero-order valence-corrected chi connectivity index (χ0v) is 13.7. The van der Waals surface area contributed by atoms with E-state index in [1.54, 1.807) is 6.20 Å². The largest absolute Gasteiger partial charge is 0.478 e. The number of benzene rings is 2. The number of nitrogens with zero attached hydrogens (tertiary/aromatic N) is 1. The van der Waals surface area contributed by atoms with Crippen molar-refractivity contribution in [3.8, 4) is 11.1 Å². The highest BCUT2D eigenvalue weighted by atomic mass is 16.4. The first kappa shape index (κ1) is 15.3. The molecule has 0 atom stereocenters. The van der Waals surface area contributed by atoms with E-state index in [9.17, 15) is 9.90 Å². The maximum atomic E-state index is 11.5. The van der Waals surface area contributed by atoms with E-state index in [-0.39, 0.29) is 0 Å². The molecule has 3 rings (SSSR count). The Morgan fingerprint density at radius 2 is 1.74 bits per heavy atom. The Kier molecular flexibility index (Phi) is 3.95. The van der Waals surface area contributed by atoms with E-state index in [2.05, 4.69) is 55.7 Å². The van der Waals surface area contributed by atoms with Crippen LogP contribution in [0.4, 0.5) is 0 Å². The number of fused-ring (bicyclic) bond motifs is 1. The van der Waals surface area contributed by atoms with E-state index in [0.717, 1.165) is 28.6 Å². The normalized spacial score (nSPS) is 11.3. The van der Waals surface area contributed by atoms with Crippen molar-refractivity contribution >= 4 is 16.9 Å². The molecule has 0 aliphatic rings. The fraction of sp³-hybridized carbons (Fsp3) is 0.250. The summed E-state index contributed by atoms with van der Waals surface area (Å²) in [6.07, 6.45) is 1.76. The van der Waals surface area contributed by atoms with Crippen LogP contribution in [-0.2, 0) is 6.54 Å². The number of rotatable bonds is 4. The Bertz CT molecular complexity index is 857. The van der Waals surface area contributed by atoms with Gasteiger partial charge in [0.25, 0.3) is 0 Å². The fourth-order valence-corrected chi connectivity index (χ4v) is 2.93. The molecule has 3 heteroatoms. The molecule has 0 aliphatic carbocycles. The van der Waals surface area contributed by atoms with Crippen LogP contribution in [0.5, 0.6) is 0 Å². The molecular weight excluding hydrogens is 286 g/mol. The number of carboxylic acids is 1. The Labute approximate surface area is 136 Å². The molecule has 0 aliphatic heterocycles. The van der Waals surface area contributed by atoms with Gasteiger partial charge in [-0.25, -0.2) is 4.79 Å². The third kappa shape index (κ3) is 3.00. The number of hydrogen-bond acceptors (Lipinski definition) is 1. The topological polar surface area (TPSA) is 42.2 Å². The minimum atomic E-state index is -0.874. The van der Waals surface area contributed by atoms with Crippen molar-refractivity contribution in [1.82, 2.24) is 4.57 Å². The summed E-state index contributed by atoms with van der Waals surface area (Å²) in [6.45, 7) is 7.15. The number of hydrogen-bond donors (Lipinski definition) is 1. The average Bonchev–Trinajstić information content (AvgIpc) is 2.86. The molecule has 0 bridgehead atoms. The minimum absolute atomic E-state index is 0.371. The van der Waals surface area contributed by atoms with Crippen LogP contribution in [0.2, 0.25) is 0 Å². The first-order valence-electron chi connectivity index (χ1n) is 7.89. The number of aryl methyl sites for hydroxylation is 1. The Hall–Kier alpha value is -2.55. The zero-order chi connectivity index (χ0) is 16.6. The van der Waals surface area contributed by atoms with Crippen molar-refractivity contribution in [2.75, 3.05) is 0 Å². The fourth-order valence-electron chi connectivity index (χ4n) is 2.93. The van der Waals surface area contributed by atoms with Gasteiger partial charge in [0.1, 0.15) is 0 Å². The molecule has 0 radical (unpaired) electrons. The lowest BCUT2D eigenvalue weighted by molar-refractivity contribution is 0.0698. The summed E-state index contributed by atoms with van der Waals surface area (Å²) in [7, 11) is 0. The molecule has 0 saturated carbocycles. The highest BCUT2D eigenvalue weighted by molar-refractivity contribution is 6.04. The van der Waals surface area contributed by atoms with Crippen LogP contribution in [0.3, 0.4) is 0 Å². The predicted molar refractivity (Wildman–Crippen MR) is 93.9 cm³/mol. The highest BCUT2D eigenvalue weighted by Crippen LogP contribution is 2.28.